The van der Waals surface area contributed by atoms with Crippen molar-refractivity contribution < 1.29 is 17.9 Å². The number of nitrogens with one attached hydrogen (secondary N) is 2. The number of methoxy groups -OCH3 is 1. The smallest absolute Gasteiger partial charge is 0.344 e. The highest BCUT2D eigenvalue weighted by Crippen LogP contribution is 2.29. The van der Waals surface area contributed by atoms with E-state index < -0.39 is 21.8 Å². The van der Waals surface area contributed by atoms with Crippen molar-refractivity contribution in [3.05, 3.63) is 94.4 Å². The van der Waals surface area contributed by atoms with Crippen molar-refractivity contribution in [2.75, 3.05) is 33.3 Å². The maximum Gasteiger partial charge on any atom is 0.344 e. The third-order valence-corrected chi connectivity index (χ3v) is 9.86. The summed E-state index contributed by atoms with van der Waals surface area (Å²) in [7, 11) is -2.93. The van der Waals surface area contributed by atoms with Gasteiger partial charge in [0.1, 0.15) is 11.8 Å². The second-order valence-corrected chi connectivity index (χ2v) is 12.7. The van der Waals surface area contributed by atoms with Crippen LogP contribution < -0.4 is 21.1 Å². The fourth-order valence-corrected chi connectivity index (χ4v) is 7.26. The summed E-state index contributed by atoms with van der Waals surface area (Å²) in [5.41, 5.74) is 0.127. The average Bonchev–Trinajstić information content (AvgIpc) is 3.31. The van der Waals surface area contributed by atoms with Crippen LogP contribution >= 0.6 is 0 Å². The molecular weight excluding hydrogens is 568 g/mol. The van der Waals surface area contributed by atoms with E-state index in [1.165, 1.54) is 54.1 Å². The lowest BCUT2D eigenvalue weighted by atomic mass is 10.00. The lowest BCUT2D eigenvalue weighted by Crippen LogP contribution is -2.61. The summed E-state index contributed by atoms with van der Waals surface area (Å²) in [5, 5.41) is 16.5. The number of amides is 1. The van der Waals surface area contributed by atoms with E-state index in [0.29, 0.717) is 30.4 Å². The molecule has 0 aliphatic carbocycles. The summed E-state index contributed by atoms with van der Waals surface area (Å²) in [6.45, 7) is 2.76. The molecule has 4 aromatic rings. The molecule has 6 rings (SSSR count). The molecule has 3 aromatic carbocycles. The minimum absolute atomic E-state index is 0.0734. The molecular formula is C31H32N6O5S. The zero-order chi connectivity index (χ0) is 30.1. The standard InChI is InChI=1S/C31H32N6O5S/c1-42-25-10-12-26(13-11-25)43(40,41)37-27-14-9-21(17-32)16-28(27)36(31(37)39)29(22-6-3-2-4-7-22)30(38)35-15-5-8-23(20-35)34-24-18-33-19-24/h2-4,6-7,9-14,16,23-24,29,33-34H,5,8,15,18-20H2,1H3/t23-,29?/m1/s1. The first kappa shape index (κ1) is 28.7. The van der Waals surface area contributed by atoms with Crippen molar-refractivity contribution in [2.24, 2.45) is 0 Å². The number of fused-ring (bicyclic) bond motifs is 1. The number of hydrogen-bond acceptors (Lipinski definition) is 8. The van der Waals surface area contributed by atoms with E-state index in [9.17, 15) is 23.3 Å². The van der Waals surface area contributed by atoms with E-state index in [1.807, 2.05) is 6.07 Å². The number of nitriles is 1. The van der Waals surface area contributed by atoms with Gasteiger partial charge in [-0.1, -0.05) is 30.3 Å². The summed E-state index contributed by atoms with van der Waals surface area (Å²) in [5.74, 6) is 0.153. The topological polar surface area (TPSA) is 138 Å². The quantitative estimate of drug-likeness (QED) is 0.314. The van der Waals surface area contributed by atoms with Crippen molar-refractivity contribution in [3.63, 3.8) is 0 Å². The van der Waals surface area contributed by atoms with Crippen LogP contribution in [0.25, 0.3) is 11.0 Å². The van der Waals surface area contributed by atoms with E-state index in [-0.39, 0.29) is 33.4 Å². The summed E-state index contributed by atoms with van der Waals surface area (Å²) in [6.07, 6.45) is 1.73. The number of aromatic nitrogens is 2. The number of nitrogens with zero attached hydrogens (tertiary/aromatic N) is 4. The summed E-state index contributed by atoms with van der Waals surface area (Å²) in [4.78, 5) is 30.4. The van der Waals surface area contributed by atoms with Crippen molar-refractivity contribution in [3.8, 4) is 11.8 Å². The Balaban J connectivity index is 1.51. The zero-order valence-corrected chi connectivity index (χ0v) is 24.5. The Hall–Kier alpha value is -4.44. The molecule has 0 bridgehead atoms. The molecule has 43 heavy (non-hydrogen) atoms. The van der Waals surface area contributed by atoms with Gasteiger partial charge in [0.25, 0.3) is 15.9 Å². The second kappa shape index (κ2) is 11.7. The number of piperidine rings is 1. The van der Waals surface area contributed by atoms with Gasteiger partial charge in [0.2, 0.25) is 0 Å². The number of carbonyl (C=O) groups excluding carboxylic acids is 1. The van der Waals surface area contributed by atoms with Crippen LogP contribution in [0.4, 0.5) is 0 Å². The molecule has 11 nitrogen and oxygen atoms in total. The lowest BCUT2D eigenvalue weighted by Gasteiger charge is -2.39. The number of likely N-dealkylation sites (tertiary alicyclic amines) is 1. The Kier molecular flexibility index (Phi) is 7.79. The van der Waals surface area contributed by atoms with Gasteiger partial charge >= 0.3 is 5.69 Å². The minimum Gasteiger partial charge on any atom is -0.497 e. The van der Waals surface area contributed by atoms with Crippen LogP contribution in [0.15, 0.2) is 82.5 Å². The second-order valence-electron chi connectivity index (χ2n) is 10.9. The van der Waals surface area contributed by atoms with Crippen LogP contribution in [-0.4, -0.2) is 73.1 Å². The van der Waals surface area contributed by atoms with Crippen LogP contribution in [0.2, 0.25) is 0 Å². The van der Waals surface area contributed by atoms with Gasteiger partial charge in [-0.2, -0.15) is 9.23 Å². The van der Waals surface area contributed by atoms with E-state index in [2.05, 4.69) is 16.7 Å². The summed E-state index contributed by atoms with van der Waals surface area (Å²) in [6, 6.07) is 20.4. The molecule has 1 amide bonds. The molecule has 0 spiro atoms. The van der Waals surface area contributed by atoms with Crippen molar-refractivity contribution in [2.45, 2.75) is 35.9 Å². The molecule has 2 N–H and O–H groups in total. The highest BCUT2D eigenvalue weighted by Gasteiger charge is 2.36. The normalized spacial score (nSPS) is 18.1. The highest BCUT2D eigenvalue weighted by atomic mass is 32.2. The molecule has 1 unspecified atom stereocenters. The number of carbonyl (C=O) groups is 1. The summed E-state index contributed by atoms with van der Waals surface area (Å²) < 4.78 is 35.1. The van der Waals surface area contributed by atoms with Crippen LogP contribution in [0.5, 0.6) is 5.75 Å². The highest BCUT2D eigenvalue weighted by molar-refractivity contribution is 7.90. The van der Waals surface area contributed by atoms with Crippen LogP contribution in [0, 0.1) is 11.3 Å². The van der Waals surface area contributed by atoms with Gasteiger partial charge < -0.3 is 20.3 Å². The summed E-state index contributed by atoms with van der Waals surface area (Å²) >= 11 is 0. The van der Waals surface area contributed by atoms with Gasteiger partial charge in [-0.05, 0) is 60.9 Å². The predicted octanol–water partition coefficient (Wildman–Crippen LogP) is 2.06. The maximum atomic E-state index is 14.5. The molecule has 0 saturated carbocycles. The van der Waals surface area contributed by atoms with E-state index in [4.69, 9.17) is 4.74 Å². The Labute approximate surface area is 249 Å². The number of rotatable bonds is 8. The number of imidazole rings is 1. The first-order valence-electron chi connectivity index (χ1n) is 14.2. The Morgan fingerprint density at radius 2 is 1.79 bits per heavy atom. The third-order valence-electron chi connectivity index (χ3n) is 8.15. The first-order chi connectivity index (χ1) is 20.8. The molecule has 3 heterocycles. The predicted molar refractivity (Wildman–Crippen MR) is 160 cm³/mol. The molecule has 2 aliphatic rings. The van der Waals surface area contributed by atoms with Crippen LogP contribution in [-0.2, 0) is 14.8 Å². The molecule has 2 fully saturated rings. The van der Waals surface area contributed by atoms with Crippen LogP contribution in [0.1, 0.15) is 30.0 Å². The van der Waals surface area contributed by atoms with Crippen LogP contribution in [0.3, 0.4) is 0 Å². The first-order valence-corrected chi connectivity index (χ1v) is 15.6. The van der Waals surface area contributed by atoms with Crippen molar-refractivity contribution in [1.82, 2.24) is 24.1 Å². The van der Waals surface area contributed by atoms with Gasteiger partial charge in [0.15, 0.2) is 0 Å². The molecule has 1 aromatic heterocycles. The molecule has 2 aliphatic heterocycles. The Morgan fingerprint density at radius 3 is 2.44 bits per heavy atom. The van der Waals surface area contributed by atoms with E-state index in [0.717, 1.165) is 29.9 Å². The minimum atomic E-state index is -4.40. The lowest BCUT2D eigenvalue weighted by molar-refractivity contribution is -0.135. The SMILES string of the molecule is COc1ccc(S(=O)(=O)n2c(=O)n(C(C(=O)N3CCC[C@@H](NC4CNC4)C3)c3ccccc3)c3cc(C#N)ccc32)cc1. The number of ether oxygens (including phenoxy) is 1. The van der Waals surface area contributed by atoms with Gasteiger partial charge in [0.05, 0.1) is 34.7 Å². The monoisotopic (exact) mass is 600 g/mol. The van der Waals surface area contributed by atoms with Gasteiger partial charge in [-0.15, -0.1) is 0 Å². The largest absolute Gasteiger partial charge is 0.497 e. The fraction of sp³-hybridized carbons (Fsp3) is 0.323. The van der Waals surface area contributed by atoms with Gasteiger partial charge in [-0.3, -0.25) is 9.36 Å². The number of hydrogen-bond donors (Lipinski definition) is 2. The van der Waals surface area contributed by atoms with Crippen molar-refractivity contribution >= 4 is 27.0 Å². The molecule has 0 radical (unpaired) electrons. The third kappa shape index (κ3) is 5.31. The Bertz CT molecular complexity index is 1860. The molecule has 2 atom stereocenters. The van der Waals surface area contributed by atoms with E-state index >= 15 is 0 Å². The molecule has 222 valence electrons. The molecule has 12 heteroatoms. The van der Waals surface area contributed by atoms with E-state index in [1.54, 1.807) is 29.2 Å². The number of benzene rings is 3. The zero-order valence-electron chi connectivity index (χ0n) is 23.6. The fourth-order valence-electron chi connectivity index (χ4n) is 5.86. The van der Waals surface area contributed by atoms with Gasteiger partial charge in [-0.25, -0.2) is 13.2 Å². The van der Waals surface area contributed by atoms with Gasteiger partial charge in [0, 0.05) is 38.3 Å². The molecule has 2 saturated heterocycles. The Morgan fingerprint density at radius 1 is 1.05 bits per heavy atom. The maximum absolute atomic E-state index is 14.5. The average molecular weight is 601 g/mol. The van der Waals surface area contributed by atoms with Crippen molar-refractivity contribution in [1.29, 1.82) is 5.26 Å².